The number of benzene rings is 1. The van der Waals surface area contributed by atoms with Gasteiger partial charge in [-0.3, -0.25) is 4.98 Å². The van der Waals surface area contributed by atoms with Gasteiger partial charge >= 0.3 is 7.12 Å². The van der Waals surface area contributed by atoms with Gasteiger partial charge in [-0.25, -0.2) is 9.97 Å². The summed E-state index contributed by atoms with van der Waals surface area (Å²) in [6, 6.07) is 17.9. The maximum absolute atomic E-state index is 10.2. The van der Waals surface area contributed by atoms with E-state index >= 15 is 0 Å². The first kappa shape index (κ1) is 25.6. The minimum Gasteiger partial charge on any atom is -0.423 e. The Kier molecular flexibility index (Phi) is 6.68. The van der Waals surface area contributed by atoms with Gasteiger partial charge in [-0.1, -0.05) is 47.6 Å². The van der Waals surface area contributed by atoms with Crippen LogP contribution < -0.4 is 16.1 Å². The van der Waals surface area contributed by atoms with Crippen LogP contribution in [0, 0.1) is 0 Å². The third-order valence-electron chi connectivity index (χ3n) is 6.44. The van der Waals surface area contributed by atoms with E-state index in [1.807, 2.05) is 50.2 Å². The summed E-state index contributed by atoms with van der Waals surface area (Å²) in [4.78, 5) is 22.5. The minimum absolute atomic E-state index is 0.183. The molecule has 5 heterocycles. The summed E-state index contributed by atoms with van der Waals surface area (Å²) >= 11 is 0. The normalized spacial score (nSPS) is 14.6. The second kappa shape index (κ2) is 10.5. The maximum Gasteiger partial charge on any atom is 0.493 e. The number of aromatic nitrogens is 6. The Labute approximate surface area is 229 Å². The molecule has 1 atom stereocenters. The van der Waals surface area contributed by atoms with E-state index < -0.39 is 18.8 Å². The predicted molar refractivity (Wildman–Crippen MR) is 148 cm³/mol. The van der Waals surface area contributed by atoms with E-state index in [0.717, 1.165) is 5.56 Å². The Hall–Kier alpha value is -4.72. The summed E-state index contributed by atoms with van der Waals surface area (Å²) in [5.41, 5.74) is 2.35. The van der Waals surface area contributed by atoms with Gasteiger partial charge in [-0.2, -0.15) is 9.97 Å². The first-order chi connectivity index (χ1) is 19.4. The molecule has 0 spiro atoms. The zero-order valence-electron chi connectivity index (χ0n) is 21.7. The molecule has 0 amide bonds. The maximum atomic E-state index is 10.2. The van der Waals surface area contributed by atoms with Crippen molar-refractivity contribution in [2.24, 2.45) is 0 Å². The fraction of sp³-hybridized carbons (Fsp3) is 0.185. The molecule has 1 aliphatic heterocycles. The van der Waals surface area contributed by atoms with Crippen molar-refractivity contribution >= 4 is 30.2 Å². The van der Waals surface area contributed by atoms with Crippen molar-refractivity contribution in [3.05, 3.63) is 84.3 Å². The zero-order chi connectivity index (χ0) is 27.7. The lowest BCUT2D eigenvalue weighted by Crippen LogP contribution is -2.28. The third kappa shape index (κ3) is 5.00. The Morgan fingerprint density at radius 1 is 0.975 bits per heavy atom. The molecular formula is C27H25BN8O4. The Bertz CT molecular complexity index is 1630. The van der Waals surface area contributed by atoms with Crippen molar-refractivity contribution in [1.82, 2.24) is 30.1 Å². The molecule has 0 unspecified atom stereocenters. The Morgan fingerprint density at radius 2 is 1.80 bits per heavy atom. The van der Waals surface area contributed by atoms with Crippen LogP contribution in [0.4, 0.5) is 17.6 Å². The molecule has 12 nitrogen and oxygen atoms in total. The molecule has 40 heavy (non-hydrogen) atoms. The molecule has 4 N–H and O–H groups in total. The molecular weight excluding hydrogens is 511 g/mol. The number of aliphatic hydroxyl groups excluding tert-OH is 1. The minimum atomic E-state index is -1.03. The van der Waals surface area contributed by atoms with Crippen LogP contribution in [0.25, 0.3) is 23.0 Å². The van der Waals surface area contributed by atoms with Crippen LogP contribution in [0.3, 0.4) is 0 Å². The first-order valence-corrected chi connectivity index (χ1v) is 12.6. The largest absolute Gasteiger partial charge is 0.493 e. The summed E-state index contributed by atoms with van der Waals surface area (Å²) in [5.74, 6) is 1.57. The number of anilines is 3. The lowest BCUT2D eigenvalue weighted by atomic mass is 9.80. The fourth-order valence-corrected chi connectivity index (χ4v) is 4.46. The van der Waals surface area contributed by atoms with Gasteiger partial charge < -0.3 is 29.9 Å². The van der Waals surface area contributed by atoms with Crippen molar-refractivity contribution < 1.29 is 19.3 Å². The lowest BCUT2D eigenvalue weighted by Gasteiger charge is -2.20. The van der Waals surface area contributed by atoms with Gasteiger partial charge in [0.25, 0.3) is 5.89 Å². The standard InChI is InChI=1S/C27H25BN8O4/c1-27(2)22-18(28(38)40-27)11-12-21(32-22)33-26-30-14-17(25-34-24(36-39-25)19-10-6-7-13-29-19)23(35-26)31-20(15-37)16-8-4-3-5-9-16/h3-14,20,37-38H,15H2,1-2H3,(H2,30,31,32,33,35)/t20-/m1/s1. The SMILES string of the molecule is CC1(C)OB(O)c2ccc(Nc3ncc(-c4nc(-c5ccccn5)no4)c(N[C@H](CO)c4ccccc4)n3)nc21. The first-order valence-electron chi connectivity index (χ1n) is 12.6. The average molecular weight is 536 g/mol. The van der Waals surface area contributed by atoms with Gasteiger partial charge in [-0.05, 0) is 37.6 Å². The lowest BCUT2D eigenvalue weighted by molar-refractivity contribution is 0.0970. The summed E-state index contributed by atoms with van der Waals surface area (Å²) in [7, 11) is -1.03. The van der Waals surface area contributed by atoms with E-state index in [2.05, 4.69) is 40.7 Å². The van der Waals surface area contributed by atoms with Crippen molar-refractivity contribution in [3.63, 3.8) is 0 Å². The molecule has 1 aliphatic rings. The second-order valence-corrected chi connectivity index (χ2v) is 9.62. The van der Waals surface area contributed by atoms with Crippen molar-refractivity contribution in [2.75, 3.05) is 17.2 Å². The molecule has 13 heteroatoms. The number of nitrogens with one attached hydrogen (secondary N) is 2. The Balaban J connectivity index is 1.36. The van der Waals surface area contributed by atoms with E-state index in [-0.39, 0.29) is 18.4 Å². The molecule has 4 aromatic heterocycles. The van der Waals surface area contributed by atoms with Gasteiger partial charge in [0.05, 0.1) is 23.9 Å². The van der Waals surface area contributed by atoms with E-state index in [1.165, 1.54) is 0 Å². The van der Waals surface area contributed by atoms with Gasteiger partial charge in [0.2, 0.25) is 11.8 Å². The number of hydrogen-bond donors (Lipinski definition) is 4. The smallest absolute Gasteiger partial charge is 0.423 e. The topological polar surface area (TPSA) is 164 Å². The average Bonchev–Trinajstić information content (AvgIpc) is 3.55. The number of nitrogens with zero attached hydrogens (tertiary/aromatic N) is 6. The van der Waals surface area contributed by atoms with Crippen LogP contribution in [0.2, 0.25) is 0 Å². The van der Waals surface area contributed by atoms with Crippen LogP contribution in [0.15, 0.2) is 77.6 Å². The number of rotatable bonds is 8. The van der Waals surface area contributed by atoms with Crippen LogP contribution >= 0.6 is 0 Å². The summed E-state index contributed by atoms with van der Waals surface area (Å²) < 4.78 is 11.2. The molecule has 1 aromatic carbocycles. The summed E-state index contributed by atoms with van der Waals surface area (Å²) in [6.45, 7) is 3.49. The molecule has 6 rings (SSSR count). The fourth-order valence-electron chi connectivity index (χ4n) is 4.46. The number of hydrogen-bond acceptors (Lipinski definition) is 12. The van der Waals surface area contributed by atoms with Gasteiger partial charge in [-0.15, -0.1) is 0 Å². The molecule has 0 bridgehead atoms. The Morgan fingerprint density at radius 3 is 2.58 bits per heavy atom. The van der Waals surface area contributed by atoms with Crippen LogP contribution in [-0.4, -0.2) is 53.9 Å². The van der Waals surface area contributed by atoms with Crippen LogP contribution in [0.5, 0.6) is 0 Å². The molecule has 0 radical (unpaired) electrons. The molecule has 0 saturated heterocycles. The van der Waals surface area contributed by atoms with Crippen LogP contribution in [0.1, 0.15) is 31.1 Å². The second-order valence-electron chi connectivity index (χ2n) is 9.62. The highest BCUT2D eigenvalue weighted by molar-refractivity contribution is 6.61. The molecule has 5 aromatic rings. The van der Waals surface area contributed by atoms with Crippen molar-refractivity contribution in [1.29, 1.82) is 0 Å². The van der Waals surface area contributed by atoms with E-state index in [0.29, 0.717) is 39.9 Å². The number of pyridine rings is 2. The summed E-state index contributed by atoms with van der Waals surface area (Å²) in [5, 5.41) is 30.9. The highest BCUT2D eigenvalue weighted by Gasteiger charge is 2.42. The predicted octanol–water partition coefficient (Wildman–Crippen LogP) is 2.83. The molecule has 0 aliphatic carbocycles. The number of aliphatic hydroxyl groups is 1. The number of fused-ring (bicyclic) bond motifs is 1. The van der Waals surface area contributed by atoms with Gasteiger partial charge in [0.15, 0.2) is 0 Å². The van der Waals surface area contributed by atoms with E-state index in [4.69, 9.17) is 9.18 Å². The van der Waals surface area contributed by atoms with E-state index in [1.54, 1.807) is 36.7 Å². The quantitative estimate of drug-likeness (QED) is 0.215. The molecule has 0 fully saturated rings. The van der Waals surface area contributed by atoms with Gasteiger partial charge in [0.1, 0.15) is 22.9 Å². The van der Waals surface area contributed by atoms with Crippen molar-refractivity contribution in [2.45, 2.75) is 25.5 Å². The van der Waals surface area contributed by atoms with Gasteiger partial charge in [0, 0.05) is 17.9 Å². The van der Waals surface area contributed by atoms with Crippen molar-refractivity contribution in [3.8, 4) is 23.0 Å². The highest BCUT2D eigenvalue weighted by Crippen LogP contribution is 2.32. The monoisotopic (exact) mass is 536 g/mol. The third-order valence-corrected chi connectivity index (χ3v) is 6.44. The van der Waals surface area contributed by atoms with Crippen LogP contribution in [-0.2, 0) is 10.3 Å². The summed E-state index contributed by atoms with van der Waals surface area (Å²) in [6.07, 6.45) is 3.20. The van der Waals surface area contributed by atoms with E-state index in [9.17, 15) is 10.1 Å². The zero-order valence-corrected chi connectivity index (χ0v) is 21.7. The molecule has 0 saturated carbocycles. The molecule has 200 valence electrons. The highest BCUT2D eigenvalue weighted by atomic mass is 16.5.